The van der Waals surface area contributed by atoms with Crippen molar-refractivity contribution in [2.24, 2.45) is 12.8 Å². The summed E-state index contributed by atoms with van der Waals surface area (Å²) in [5.74, 6) is -0.981. The first kappa shape index (κ1) is 32.5. The molecule has 3 aromatic rings. The number of nitrogens with zero attached hydrogens (tertiary/aromatic N) is 8. The third kappa shape index (κ3) is 6.41. The summed E-state index contributed by atoms with van der Waals surface area (Å²) in [5.41, 5.74) is 5.90. The number of likely N-dealkylation sites (tertiary alicyclic amines) is 1. The van der Waals surface area contributed by atoms with Gasteiger partial charge in [-0.3, -0.25) is 14.3 Å². The van der Waals surface area contributed by atoms with Gasteiger partial charge in [-0.1, -0.05) is 6.92 Å². The summed E-state index contributed by atoms with van der Waals surface area (Å²) in [4.78, 5) is 49.0. The molecule has 4 amide bonds. The Morgan fingerprint density at radius 3 is 2.50 bits per heavy atom. The third-order valence-corrected chi connectivity index (χ3v) is 8.44. The van der Waals surface area contributed by atoms with Crippen LogP contribution < -0.4 is 11.1 Å². The van der Waals surface area contributed by atoms with Gasteiger partial charge in [0.15, 0.2) is 11.5 Å². The maximum atomic E-state index is 13.7. The summed E-state index contributed by atoms with van der Waals surface area (Å²) in [6, 6.07) is 6.67. The molecule has 0 radical (unpaired) electrons. The fraction of sp³-hybridized carbons (Fsp3) is 0.467. The molecule has 2 aromatic heterocycles. The molecule has 1 aromatic carbocycles. The lowest BCUT2D eigenvalue weighted by Crippen LogP contribution is -2.55. The average molecular weight is 641 g/mol. The fourth-order valence-corrected chi connectivity index (χ4v) is 5.99. The first-order chi connectivity index (χ1) is 22.0. The van der Waals surface area contributed by atoms with Crippen LogP contribution in [-0.2, 0) is 26.2 Å². The number of nitrogens with two attached hydrogens (primary N) is 1. The molecular weight excluding hydrogens is 605 g/mol. The molecule has 1 atom stereocenters. The van der Waals surface area contributed by atoms with E-state index in [4.69, 9.17) is 11.0 Å². The molecule has 4 heterocycles. The Morgan fingerprint density at radius 1 is 1.13 bits per heavy atom. The summed E-state index contributed by atoms with van der Waals surface area (Å²) < 4.78 is 43.1. The number of piperazine rings is 1. The van der Waals surface area contributed by atoms with Crippen LogP contribution in [-0.4, -0.2) is 97.2 Å². The zero-order chi connectivity index (χ0) is 33.2. The molecule has 0 unspecified atom stereocenters. The largest absolute Gasteiger partial charge is 0.435 e. The summed E-state index contributed by atoms with van der Waals surface area (Å²) in [5, 5.41) is 15.1. The van der Waals surface area contributed by atoms with Gasteiger partial charge in [0.25, 0.3) is 11.8 Å². The van der Waals surface area contributed by atoms with Gasteiger partial charge in [0.2, 0.25) is 0 Å². The Hall–Kier alpha value is -4.91. The smallest absolute Gasteiger partial charge is 0.335 e. The molecule has 5 rings (SSSR count). The molecule has 16 heteroatoms. The number of alkyl halides is 3. The minimum atomic E-state index is -4.79. The van der Waals surface area contributed by atoms with Crippen LogP contribution >= 0.6 is 0 Å². The van der Waals surface area contributed by atoms with Crippen molar-refractivity contribution in [3.63, 3.8) is 0 Å². The number of nitrogens with one attached hydrogen (secondary N) is 1. The van der Waals surface area contributed by atoms with Crippen LogP contribution in [0.1, 0.15) is 52.0 Å². The Bertz CT molecular complexity index is 1670. The standard InChI is InChI=1S/C30H35F3N10O3/c1-3-19-15-20(6-7-22(19)28(45)40-11-13-41(14-12-40)29(46)43-9-4-5-21(43)16-35)37-27(44)26-36-17-24(39(26)2)23-18-42(10-8-34)38-25(23)30(31,32)33/h6-7,15,17-18,21H,3-5,9-14,16,35H2,1-2H3,(H,37,44)/t21-/m1/s1. The monoisotopic (exact) mass is 640 g/mol. The average Bonchev–Trinajstić information content (AvgIpc) is 3.78. The predicted octanol–water partition coefficient (Wildman–Crippen LogP) is 2.94. The number of nitriles is 1. The van der Waals surface area contributed by atoms with Crippen molar-refractivity contribution in [3.05, 3.63) is 53.2 Å². The van der Waals surface area contributed by atoms with Crippen LogP contribution in [0.25, 0.3) is 11.3 Å². The summed E-state index contributed by atoms with van der Waals surface area (Å²) >= 11 is 0. The molecular formula is C30H35F3N10O3. The first-order valence-electron chi connectivity index (χ1n) is 15.0. The highest BCUT2D eigenvalue weighted by Gasteiger charge is 2.39. The van der Waals surface area contributed by atoms with Gasteiger partial charge in [-0.05, 0) is 43.0 Å². The van der Waals surface area contributed by atoms with Crippen LogP contribution in [0.2, 0.25) is 0 Å². The van der Waals surface area contributed by atoms with E-state index in [0.29, 0.717) is 62.5 Å². The van der Waals surface area contributed by atoms with E-state index in [1.165, 1.54) is 11.6 Å². The van der Waals surface area contributed by atoms with Crippen LogP contribution in [0, 0.1) is 11.3 Å². The fourth-order valence-electron chi connectivity index (χ4n) is 5.99. The van der Waals surface area contributed by atoms with Crippen LogP contribution in [0.3, 0.4) is 0 Å². The van der Waals surface area contributed by atoms with E-state index < -0.39 is 17.8 Å². The Kier molecular flexibility index (Phi) is 9.33. The van der Waals surface area contributed by atoms with Crippen LogP contribution in [0.5, 0.6) is 0 Å². The molecule has 0 spiro atoms. The highest BCUT2D eigenvalue weighted by molar-refractivity contribution is 6.03. The second kappa shape index (κ2) is 13.2. The number of carbonyl (C=O) groups is 3. The number of anilines is 1. The van der Waals surface area contributed by atoms with E-state index in [9.17, 15) is 27.6 Å². The molecule has 0 bridgehead atoms. The van der Waals surface area contributed by atoms with Gasteiger partial charge in [-0.2, -0.15) is 23.5 Å². The van der Waals surface area contributed by atoms with E-state index in [0.717, 1.165) is 29.9 Å². The predicted molar refractivity (Wildman–Crippen MR) is 160 cm³/mol. The van der Waals surface area contributed by atoms with Gasteiger partial charge in [0.1, 0.15) is 6.54 Å². The normalized spacial score (nSPS) is 16.9. The molecule has 2 saturated heterocycles. The highest BCUT2D eigenvalue weighted by atomic mass is 19.4. The molecule has 0 aliphatic carbocycles. The van der Waals surface area contributed by atoms with E-state index in [1.807, 2.05) is 11.8 Å². The number of rotatable bonds is 7. The van der Waals surface area contributed by atoms with Crippen molar-refractivity contribution >= 4 is 23.5 Å². The Morgan fingerprint density at radius 2 is 1.85 bits per heavy atom. The van der Waals surface area contributed by atoms with Gasteiger partial charge in [0, 0.05) is 69.8 Å². The lowest BCUT2D eigenvalue weighted by Gasteiger charge is -2.38. The lowest BCUT2D eigenvalue weighted by molar-refractivity contribution is -0.141. The molecule has 2 aliphatic heterocycles. The number of hydrogen-bond donors (Lipinski definition) is 2. The van der Waals surface area contributed by atoms with Crippen molar-refractivity contribution in [2.45, 2.75) is 44.9 Å². The highest BCUT2D eigenvalue weighted by Crippen LogP contribution is 2.36. The van der Waals surface area contributed by atoms with E-state index in [2.05, 4.69) is 15.4 Å². The van der Waals surface area contributed by atoms with Crippen molar-refractivity contribution < 1.29 is 27.6 Å². The number of amides is 4. The minimum absolute atomic E-state index is 0.00159. The van der Waals surface area contributed by atoms with Crippen molar-refractivity contribution in [1.82, 2.24) is 34.0 Å². The zero-order valence-corrected chi connectivity index (χ0v) is 25.5. The quantitative estimate of drug-likeness (QED) is 0.402. The van der Waals surface area contributed by atoms with Gasteiger partial charge in [-0.25, -0.2) is 9.78 Å². The number of aromatic nitrogens is 4. The molecule has 0 saturated carbocycles. The number of carbonyl (C=O) groups excluding carboxylic acids is 3. The molecule has 2 aliphatic rings. The summed E-state index contributed by atoms with van der Waals surface area (Å²) in [6.45, 7) is 4.25. The summed E-state index contributed by atoms with van der Waals surface area (Å²) in [7, 11) is 1.41. The number of hydrogen-bond acceptors (Lipinski definition) is 7. The Balaban J connectivity index is 1.26. The maximum absolute atomic E-state index is 13.7. The zero-order valence-electron chi connectivity index (χ0n) is 25.5. The van der Waals surface area contributed by atoms with E-state index in [1.54, 1.807) is 34.1 Å². The number of urea groups is 1. The second-order valence-electron chi connectivity index (χ2n) is 11.2. The maximum Gasteiger partial charge on any atom is 0.435 e. The van der Waals surface area contributed by atoms with Crippen LogP contribution in [0.4, 0.5) is 23.7 Å². The molecule has 244 valence electrons. The second-order valence-corrected chi connectivity index (χ2v) is 11.2. The van der Waals surface area contributed by atoms with Crippen molar-refractivity contribution in [1.29, 1.82) is 5.26 Å². The summed E-state index contributed by atoms with van der Waals surface area (Å²) in [6.07, 6.45) is -0.213. The number of benzene rings is 1. The topological polar surface area (TPSA) is 158 Å². The van der Waals surface area contributed by atoms with Crippen molar-refractivity contribution in [3.8, 4) is 17.3 Å². The van der Waals surface area contributed by atoms with Gasteiger partial charge < -0.3 is 30.3 Å². The van der Waals surface area contributed by atoms with E-state index >= 15 is 0 Å². The minimum Gasteiger partial charge on any atom is -0.335 e. The van der Waals surface area contributed by atoms with E-state index in [-0.39, 0.29) is 41.6 Å². The molecule has 13 nitrogen and oxygen atoms in total. The SMILES string of the molecule is CCc1cc(NC(=O)c2ncc(-c3cn(CC#N)nc3C(F)(F)F)n2C)ccc1C(=O)N1CCN(C(=O)N2CCC[C@@H]2CN)CC1. The molecule has 3 N–H and O–H groups in total. The van der Waals surface area contributed by atoms with Crippen molar-refractivity contribution in [2.75, 3.05) is 44.6 Å². The molecule has 46 heavy (non-hydrogen) atoms. The third-order valence-electron chi connectivity index (χ3n) is 8.44. The number of halogens is 3. The van der Waals surface area contributed by atoms with Gasteiger partial charge in [0.05, 0.1) is 23.5 Å². The van der Waals surface area contributed by atoms with Gasteiger partial charge in [-0.15, -0.1) is 0 Å². The number of imidazole rings is 1. The molecule has 2 fully saturated rings. The Labute approximate surface area is 263 Å². The first-order valence-corrected chi connectivity index (χ1v) is 15.0. The van der Waals surface area contributed by atoms with Crippen LogP contribution in [0.15, 0.2) is 30.6 Å². The van der Waals surface area contributed by atoms with Gasteiger partial charge >= 0.3 is 12.2 Å². The number of aryl methyl sites for hydroxylation is 1. The lowest BCUT2D eigenvalue weighted by atomic mass is 10.0.